The largest absolute Gasteiger partial charge is 0.480 e. The van der Waals surface area contributed by atoms with E-state index in [9.17, 15) is 14.4 Å². The second-order valence-electron chi connectivity index (χ2n) is 5.05. The fraction of sp³-hybridized carbons (Fsp3) is 0.750. The highest BCUT2D eigenvalue weighted by Gasteiger charge is 2.33. The molecular weight excluding hydrogens is 250 g/mol. The number of rotatable bonds is 5. The monoisotopic (exact) mass is 271 g/mol. The van der Waals surface area contributed by atoms with Crippen molar-refractivity contribution in [2.24, 2.45) is 5.92 Å². The number of carboxylic acid groups (broad SMARTS) is 1. The van der Waals surface area contributed by atoms with Gasteiger partial charge in [-0.05, 0) is 18.8 Å². The highest BCUT2D eigenvalue weighted by molar-refractivity contribution is 5.87. The Morgan fingerprint density at radius 3 is 2.58 bits per heavy atom. The van der Waals surface area contributed by atoms with Crippen LogP contribution in [0.25, 0.3) is 0 Å². The molecule has 1 rings (SSSR count). The van der Waals surface area contributed by atoms with Crippen molar-refractivity contribution in [2.45, 2.75) is 32.7 Å². The zero-order valence-corrected chi connectivity index (χ0v) is 11.3. The molecule has 3 N–H and O–H groups in total. The number of carbonyl (C=O) groups is 3. The minimum Gasteiger partial charge on any atom is -0.480 e. The molecule has 1 saturated heterocycles. The average Bonchev–Trinajstić information content (AvgIpc) is 2.82. The second-order valence-corrected chi connectivity index (χ2v) is 5.05. The van der Waals surface area contributed by atoms with Gasteiger partial charge in [-0.1, -0.05) is 13.8 Å². The number of hydrogen-bond donors (Lipinski definition) is 3. The Labute approximate surface area is 112 Å². The summed E-state index contributed by atoms with van der Waals surface area (Å²) in [5.74, 6) is -0.931. The summed E-state index contributed by atoms with van der Waals surface area (Å²) in [4.78, 5) is 35.4. The number of nitrogens with zero attached hydrogens (tertiary/aromatic N) is 1. The van der Waals surface area contributed by atoms with Gasteiger partial charge in [0.2, 0.25) is 5.91 Å². The van der Waals surface area contributed by atoms with Gasteiger partial charge in [0.15, 0.2) is 0 Å². The maximum Gasteiger partial charge on any atom is 0.326 e. The Bertz CT molecular complexity index is 357. The SMILES string of the molecule is CC(C)CNC(=O)CNC(=O)N1CCC[C@H]1C(=O)O. The predicted molar refractivity (Wildman–Crippen MR) is 68.6 cm³/mol. The number of urea groups is 1. The molecule has 0 aromatic heterocycles. The number of aliphatic carboxylic acids is 1. The molecule has 1 aliphatic heterocycles. The molecule has 0 radical (unpaired) electrons. The molecule has 0 unspecified atom stereocenters. The average molecular weight is 271 g/mol. The van der Waals surface area contributed by atoms with E-state index in [4.69, 9.17) is 5.11 Å². The molecule has 0 aromatic carbocycles. The number of carboxylic acids is 1. The second kappa shape index (κ2) is 6.96. The van der Waals surface area contributed by atoms with Gasteiger partial charge in [0.25, 0.3) is 0 Å². The van der Waals surface area contributed by atoms with Crippen molar-refractivity contribution in [1.29, 1.82) is 0 Å². The highest BCUT2D eigenvalue weighted by Crippen LogP contribution is 2.16. The number of hydrogen-bond acceptors (Lipinski definition) is 3. The van der Waals surface area contributed by atoms with Crippen LogP contribution in [-0.4, -0.2) is 53.6 Å². The Morgan fingerprint density at radius 1 is 1.32 bits per heavy atom. The first-order valence-corrected chi connectivity index (χ1v) is 6.45. The lowest BCUT2D eigenvalue weighted by Gasteiger charge is -2.21. The lowest BCUT2D eigenvalue weighted by molar-refractivity contribution is -0.141. The van der Waals surface area contributed by atoms with Gasteiger partial charge in [0, 0.05) is 13.1 Å². The van der Waals surface area contributed by atoms with E-state index in [1.165, 1.54) is 4.90 Å². The molecule has 0 aliphatic carbocycles. The van der Waals surface area contributed by atoms with Crippen LogP contribution in [0.5, 0.6) is 0 Å². The molecule has 0 aromatic rings. The smallest absolute Gasteiger partial charge is 0.326 e. The van der Waals surface area contributed by atoms with Gasteiger partial charge in [0.1, 0.15) is 6.04 Å². The zero-order chi connectivity index (χ0) is 14.4. The molecule has 0 saturated carbocycles. The van der Waals surface area contributed by atoms with E-state index in [0.717, 1.165) is 0 Å². The quantitative estimate of drug-likeness (QED) is 0.656. The van der Waals surface area contributed by atoms with Crippen LogP contribution in [0, 0.1) is 5.92 Å². The summed E-state index contributed by atoms with van der Waals surface area (Å²) in [6, 6.07) is -1.27. The van der Waals surface area contributed by atoms with Crippen molar-refractivity contribution in [1.82, 2.24) is 15.5 Å². The topological polar surface area (TPSA) is 98.7 Å². The Balaban J connectivity index is 2.34. The third-order valence-corrected chi connectivity index (χ3v) is 2.91. The van der Waals surface area contributed by atoms with Crippen LogP contribution >= 0.6 is 0 Å². The molecular formula is C12H21N3O4. The number of likely N-dealkylation sites (tertiary alicyclic amines) is 1. The van der Waals surface area contributed by atoms with Crippen molar-refractivity contribution in [3.8, 4) is 0 Å². The summed E-state index contributed by atoms with van der Waals surface area (Å²) in [5, 5.41) is 14.1. The first-order chi connectivity index (χ1) is 8.91. The molecule has 19 heavy (non-hydrogen) atoms. The van der Waals surface area contributed by atoms with Crippen LogP contribution in [0.15, 0.2) is 0 Å². The van der Waals surface area contributed by atoms with Gasteiger partial charge in [-0.2, -0.15) is 0 Å². The maximum absolute atomic E-state index is 11.8. The fourth-order valence-electron chi connectivity index (χ4n) is 1.90. The normalized spacial score (nSPS) is 18.5. The molecule has 3 amide bonds. The molecule has 7 nitrogen and oxygen atoms in total. The van der Waals surface area contributed by atoms with E-state index >= 15 is 0 Å². The number of carbonyl (C=O) groups excluding carboxylic acids is 2. The molecule has 1 heterocycles. The van der Waals surface area contributed by atoms with Gasteiger partial charge in [-0.15, -0.1) is 0 Å². The van der Waals surface area contributed by atoms with Crippen LogP contribution < -0.4 is 10.6 Å². The van der Waals surface area contributed by atoms with Gasteiger partial charge >= 0.3 is 12.0 Å². The van der Waals surface area contributed by atoms with E-state index in [1.807, 2.05) is 13.8 Å². The minimum atomic E-state index is -1.00. The van der Waals surface area contributed by atoms with Crippen molar-refractivity contribution in [3.63, 3.8) is 0 Å². The Kier molecular flexibility index (Phi) is 5.59. The first kappa shape index (κ1) is 15.3. The van der Waals surface area contributed by atoms with E-state index < -0.39 is 18.0 Å². The standard InChI is InChI=1S/C12H21N3O4/c1-8(2)6-13-10(16)7-14-12(19)15-5-3-4-9(15)11(17)18/h8-9H,3-7H2,1-2H3,(H,13,16)(H,14,19)(H,17,18)/t9-/m0/s1. The van der Waals surface area contributed by atoms with E-state index in [-0.39, 0.29) is 12.5 Å². The summed E-state index contributed by atoms with van der Waals surface area (Å²) >= 11 is 0. The zero-order valence-electron chi connectivity index (χ0n) is 11.3. The minimum absolute atomic E-state index is 0.131. The van der Waals surface area contributed by atoms with Crippen LogP contribution in [0.4, 0.5) is 4.79 Å². The highest BCUT2D eigenvalue weighted by atomic mass is 16.4. The first-order valence-electron chi connectivity index (χ1n) is 6.45. The van der Waals surface area contributed by atoms with Crippen molar-refractivity contribution >= 4 is 17.9 Å². The van der Waals surface area contributed by atoms with Crippen LogP contribution in [0.3, 0.4) is 0 Å². The molecule has 1 atom stereocenters. The van der Waals surface area contributed by atoms with Gasteiger partial charge in [-0.3, -0.25) is 4.79 Å². The molecule has 0 spiro atoms. The summed E-state index contributed by atoms with van der Waals surface area (Å²) in [7, 11) is 0. The summed E-state index contributed by atoms with van der Waals surface area (Å²) in [5.41, 5.74) is 0. The summed E-state index contributed by atoms with van der Waals surface area (Å²) < 4.78 is 0. The Morgan fingerprint density at radius 2 is 2.00 bits per heavy atom. The molecule has 1 fully saturated rings. The lowest BCUT2D eigenvalue weighted by Crippen LogP contribution is -2.48. The predicted octanol–water partition coefficient (Wildman–Crippen LogP) is 0.0172. The molecule has 1 aliphatic rings. The number of nitrogens with one attached hydrogen (secondary N) is 2. The fourth-order valence-corrected chi connectivity index (χ4v) is 1.90. The molecule has 108 valence electrons. The van der Waals surface area contributed by atoms with E-state index in [0.29, 0.717) is 31.8 Å². The van der Waals surface area contributed by atoms with Gasteiger partial charge in [-0.25, -0.2) is 9.59 Å². The van der Waals surface area contributed by atoms with Crippen LogP contribution in [-0.2, 0) is 9.59 Å². The summed E-state index contributed by atoms with van der Waals surface area (Å²) in [6.07, 6.45) is 1.13. The molecule has 7 heteroatoms. The number of amides is 3. The van der Waals surface area contributed by atoms with Crippen molar-refractivity contribution in [3.05, 3.63) is 0 Å². The van der Waals surface area contributed by atoms with Crippen molar-refractivity contribution < 1.29 is 19.5 Å². The lowest BCUT2D eigenvalue weighted by atomic mass is 10.2. The van der Waals surface area contributed by atoms with E-state index in [2.05, 4.69) is 10.6 Å². The van der Waals surface area contributed by atoms with E-state index in [1.54, 1.807) is 0 Å². The maximum atomic E-state index is 11.8. The molecule has 0 bridgehead atoms. The van der Waals surface area contributed by atoms with Crippen LogP contribution in [0.2, 0.25) is 0 Å². The van der Waals surface area contributed by atoms with Crippen molar-refractivity contribution in [2.75, 3.05) is 19.6 Å². The third kappa shape index (κ3) is 4.76. The third-order valence-electron chi connectivity index (χ3n) is 2.91. The Hall–Kier alpha value is -1.79. The van der Waals surface area contributed by atoms with Crippen LogP contribution in [0.1, 0.15) is 26.7 Å². The van der Waals surface area contributed by atoms with Gasteiger partial charge in [0.05, 0.1) is 6.54 Å². The van der Waals surface area contributed by atoms with Gasteiger partial charge < -0.3 is 20.6 Å². The summed E-state index contributed by atoms with van der Waals surface area (Å²) in [6.45, 7) is 4.78.